The number of benzene rings is 1. The van der Waals surface area contributed by atoms with E-state index in [9.17, 15) is 5.02 Å². The summed E-state index contributed by atoms with van der Waals surface area (Å²) in [5, 5.41) is 9.62. The Morgan fingerprint density at radius 3 is 2.74 bits per heavy atom. The molecule has 2 aliphatic heterocycles. The van der Waals surface area contributed by atoms with Gasteiger partial charge in [0, 0.05) is 30.5 Å². The molecule has 2 aromatic rings. The number of thioether (sulfide) groups is 1. The summed E-state index contributed by atoms with van der Waals surface area (Å²) in [6, 6.07) is 8.16. The van der Waals surface area contributed by atoms with E-state index >= 15 is 0 Å². The Bertz CT molecular complexity index is 784. The van der Waals surface area contributed by atoms with E-state index in [1.54, 1.807) is 7.11 Å². The van der Waals surface area contributed by atoms with Gasteiger partial charge in [0.2, 0.25) is 0 Å². The summed E-state index contributed by atoms with van der Waals surface area (Å²) in [6.07, 6.45) is 6.71. The lowest BCUT2D eigenvalue weighted by Gasteiger charge is -2.24. The summed E-state index contributed by atoms with van der Waals surface area (Å²) in [7, 11) is 1.000. The first-order chi connectivity index (χ1) is 13.2. The van der Waals surface area contributed by atoms with Crippen LogP contribution >= 0.6 is 11.8 Å². The second-order valence-electron chi connectivity index (χ2n) is 7.02. The summed E-state index contributed by atoms with van der Waals surface area (Å²) in [5.74, 6) is 4.02. The van der Waals surface area contributed by atoms with Gasteiger partial charge < -0.3 is 19.2 Å². The smallest absolute Gasteiger partial charge is 0.454 e. The van der Waals surface area contributed by atoms with Crippen LogP contribution in [0, 0.1) is 0 Å². The van der Waals surface area contributed by atoms with Crippen molar-refractivity contribution in [1.82, 2.24) is 4.98 Å². The molecule has 1 N–H and O–H groups in total. The number of hydrogen-bond acceptors (Lipinski definition) is 6. The summed E-state index contributed by atoms with van der Waals surface area (Å²) in [5.41, 5.74) is 3.16. The quantitative estimate of drug-likeness (QED) is 0.794. The minimum Gasteiger partial charge on any atom is -0.493 e. The van der Waals surface area contributed by atoms with Crippen molar-refractivity contribution in [3.05, 3.63) is 42.2 Å². The molecule has 0 radical (unpaired) electrons. The van der Waals surface area contributed by atoms with Crippen LogP contribution in [0.1, 0.15) is 24.3 Å². The lowest BCUT2D eigenvalue weighted by molar-refractivity contribution is 0.184. The van der Waals surface area contributed by atoms with E-state index in [0.29, 0.717) is 12.9 Å². The Morgan fingerprint density at radius 2 is 2.00 bits per heavy atom. The molecule has 0 amide bonds. The van der Waals surface area contributed by atoms with Crippen molar-refractivity contribution in [2.24, 2.45) is 0 Å². The molecule has 7 heteroatoms. The Kier molecular flexibility index (Phi) is 5.90. The van der Waals surface area contributed by atoms with E-state index in [1.165, 1.54) is 0 Å². The molecule has 0 bridgehead atoms. The van der Waals surface area contributed by atoms with Gasteiger partial charge in [0.15, 0.2) is 11.5 Å². The predicted molar refractivity (Wildman–Crippen MR) is 109 cm³/mol. The van der Waals surface area contributed by atoms with Gasteiger partial charge in [0.25, 0.3) is 0 Å². The molecule has 3 heterocycles. The lowest BCUT2D eigenvalue weighted by atomic mass is 9.80. The number of ether oxygens (including phenoxy) is 2. The molecular weight excluding hydrogens is 361 g/mol. The van der Waals surface area contributed by atoms with Crippen LogP contribution in [0.3, 0.4) is 0 Å². The van der Waals surface area contributed by atoms with Crippen molar-refractivity contribution >= 4 is 18.9 Å². The zero-order valence-corrected chi connectivity index (χ0v) is 16.3. The number of pyridine rings is 1. The molecule has 1 aromatic carbocycles. The fourth-order valence-electron chi connectivity index (χ4n) is 3.60. The van der Waals surface area contributed by atoms with Crippen LogP contribution in [0.25, 0.3) is 11.1 Å². The molecule has 4 rings (SSSR count). The second kappa shape index (κ2) is 8.54. The molecule has 5 nitrogen and oxygen atoms in total. The highest BCUT2D eigenvalue weighted by molar-refractivity contribution is 7.99. The second-order valence-corrected chi connectivity index (χ2v) is 8.25. The maximum absolute atomic E-state index is 9.62. The molecule has 2 aliphatic rings. The first-order valence-electron chi connectivity index (χ1n) is 9.40. The molecule has 0 spiro atoms. The van der Waals surface area contributed by atoms with E-state index < -0.39 is 7.12 Å². The van der Waals surface area contributed by atoms with Crippen molar-refractivity contribution in [1.29, 1.82) is 0 Å². The van der Waals surface area contributed by atoms with Crippen molar-refractivity contribution in [2.75, 3.05) is 25.2 Å². The van der Waals surface area contributed by atoms with E-state index in [-0.39, 0.29) is 12.0 Å². The Balaban J connectivity index is 1.58. The van der Waals surface area contributed by atoms with Crippen molar-refractivity contribution in [3.63, 3.8) is 0 Å². The van der Waals surface area contributed by atoms with Gasteiger partial charge >= 0.3 is 7.12 Å². The van der Waals surface area contributed by atoms with Crippen LogP contribution in [-0.4, -0.2) is 48.5 Å². The number of rotatable bonds is 5. The largest absolute Gasteiger partial charge is 0.493 e. The lowest BCUT2D eigenvalue weighted by Crippen LogP contribution is -2.22. The van der Waals surface area contributed by atoms with Crippen LogP contribution in [0.15, 0.2) is 36.7 Å². The Hall–Kier alpha value is -1.70. The average Bonchev–Trinajstić information content (AvgIpc) is 3.15. The third-order valence-electron chi connectivity index (χ3n) is 5.17. The van der Waals surface area contributed by atoms with Crippen molar-refractivity contribution in [3.8, 4) is 22.6 Å². The number of methoxy groups -OCH3 is 1. The van der Waals surface area contributed by atoms with Crippen LogP contribution in [0.4, 0.5) is 0 Å². The average molecular weight is 385 g/mol. The van der Waals surface area contributed by atoms with Gasteiger partial charge in [-0.3, -0.25) is 4.98 Å². The van der Waals surface area contributed by atoms with Crippen LogP contribution in [0.5, 0.6) is 11.5 Å². The summed E-state index contributed by atoms with van der Waals surface area (Å²) >= 11 is 1.99. The number of aromatic nitrogens is 1. The van der Waals surface area contributed by atoms with Crippen molar-refractivity contribution in [2.45, 2.75) is 31.2 Å². The molecule has 1 aromatic heterocycles. The highest BCUT2D eigenvalue weighted by atomic mass is 32.2. The fraction of sp³-hybridized carbons (Fsp3) is 0.450. The van der Waals surface area contributed by atoms with Gasteiger partial charge in [-0.25, -0.2) is 0 Å². The Morgan fingerprint density at radius 1 is 1.15 bits per heavy atom. The third kappa shape index (κ3) is 4.42. The predicted octanol–water partition coefficient (Wildman–Crippen LogP) is 3.63. The van der Waals surface area contributed by atoms with Crippen LogP contribution in [0.2, 0.25) is 6.32 Å². The van der Waals surface area contributed by atoms with E-state index in [2.05, 4.69) is 11.1 Å². The van der Waals surface area contributed by atoms with Gasteiger partial charge in [0.1, 0.15) is 6.10 Å². The molecule has 27 heavy (non-hydrogen) atoms. The monoisotopic (exact) mass is 385 g/mol. The van der Waals surface area contributed by atoms with Gasteiger partial charge in [-0.1, -0.05) is 6.07 Å². The van der Waals surface area contributed by atoms with Gasteiger partial charge in [-0.15, -0.1) is 0 Å². The van der Waals surface area contributed by atoms with Gasteiger partial charge in [0.05, 0.1) is 7.11 Å². The van der Waals surface area contributed by atoms with E-state index in [4.69, 9.17) is 14.1 Å². The zero-order valence-electron chi connectivity index (χ0n) is 15.5. The topological polar surface area (TPSA) is 60.8 Å². The van der Waals surface area contributed by atoms with E-state index in [1.807, 2.05) is 42.4 Å². The third-order valence-corrected chi connectivity index (χ3v) is 6.21. The Labute approximate surface area is 164 Å². The van der Waals surface area contributed by atoms with Gasteiger partial charge in [-0.05, 0) is 60.0 Å². The highest BCUT2D eigenvalue weighted by Gasteiger charge is 2.30. The molecule has 2 fully saturated rings. The normalized spacial score (nSPS) is 20.7. The summed E-state index contributed by atoms with van der Waals surface area (Å²) < 4.78 is 17.1. The molecule has 0 saturated carbocycles. The van der Waals surface area contributed by atoms with E-state index in [0.717, 1.165) is 52.5 Å². The number of nitrogens with zero attached hydrogens (tertiary/aromatic N) is 1. The maximum Gasteiger partial charge on any atom is 0.454 e. The molecule has 1 atom stereocenters. The highest BCUT2D eigenvalue weighted by Crippen LogP contribution is 2.36. The first-order valence-corrected chi connectivity index (χ1v) is 10.6. The first kappa shape index (κ1) is 18.7. The molecule has 2 saturated heterocycles. The molecular formula is C20H24BNO4S. The van der Waals surface area contributed by atoms with Crippen molar-refractivity contribution < 1.29 is 19.2 Å². The van der Waals surface area contributed by atoms with Gasteiger partial charge in [-0.2, -0.15) is 11.8 Å². The fourth-order valence-corrected chi connectivity index (χ4v) is 4.66. The summed E-state index contributed by atoms with van der Waals surface area (Å²) in [6.45, 7) is 0.531. The molecule has 142 valence electrons. The SMILES string of the molecule is COc1ccc(-c2cncc(C3COB(O)C3)c2)cc1OC1CCSCC1. The molecule has 1 unspecified atom stereocenters. The minimum atomic E-state index is -0.673. The molecule has 0 aliphatic carbocycles. The standard InChI is InChI=1S/C20H24BNO4S/c1-24-19-3-2-14(9-20(19)26-18-4-6-27-7-5-18)15-8-16(12-22-11-15)17-10-21(23)25-13-17/h2-3,8-9,11-12,17-18,23H,4-7,10,13H2,1H3. The maximum atomic E-state index is 9.62. The summed E-state index contributed by atoms with van der Waals surface area (Å²) in [4.78, 5) is 4.41. The number of hydrogen-bond donors (Lipinski definition) is 1. The van der Waals surface area contributed by atoms with Crippen LogP contribution < -0.4 is 9.47 Å². The zero-order chi connectivity index (χ0) is 18.6. The minimum absolute atomic E-state index is 0.182. The van der Waals surface area contributed by atoms with Crippen LogP contribution in [-0.2, 0) is 4.65 Å².